The van der Waals surface area contributed by atoms with E-state index in [0.717, 1.165) is 23.5 Å². The van der Waals surface area contributed by atoms with Gasteiger partial charge in [0, 0.05) is 30.2 Å². The van der Waals surface area contributed by atoms with Gasteiger partial charge >= 0.3 is 0 Å². The van der Waals surface area contributed by atoms with Crippen molar-refractivity contribution < 1.29 is 4.79 Å². The Hall–Kier alpha value is -1.94. The van der Waals surface area contributed by atoms with Crippen LogP contribution in [0.3, 0.4) is 0 Å². The summed E-state index contributed by atoms with van der Waals surface area (Å²) < 4.78 is 0. The summed E-state index contributed by atoms with van der Waals surface area (Å²) >= 11 is 1.58. The van der Waals surface area contributed by atoms with Crippen LogP contribution in [0.2, 0.25) is 0 Å². The molecule has 0 saturated heterocycles. The lowest BCUT2D eigenvalue weighted by Crippen LogP contribution is -2.30. The van der Waals surface area contributed by atoms with Gasteiger partial charge in [0.15, 0.2) is 0 Å². The first-order valence-electron chi connectivity index (χ1n) is 8.47. The lowest BCUT2D eigenvalue weighted by molar-refractivity contribution is -0.120. The second-order valence-corrected chi connectivity index (χ2v) is 7.04. The molecule has 0 saturated carbocycles. The summed E-state index contributed by atoms with van der Waals surface area (Å²) in [5, 5.41) is 2.91. The molecule has 3 nitrogen and oxygen atoms in total. The third-order valence-corrected chi connectivity index (χ3v) is 5.07. The van der Waals surface area contributed by atoms with Crippen molar-refractivity contribution in [3.8, 4) is 0 Å². The maximum absolute atomic E-state index is 12.2. The van der Waals surface area contributed by atoms with Gasteiger partial charge in [0.05, 0.1) is 5.25 Å². The first kappa shape index (κ1) is 18.4. The van der Waals surface area contributed by atoms with Gasteiger partial charge in [0.1, 0.15) is 0 Å². The summed E-state index contributed by atoms with van der Waals surface area (Å²) in [4.78, 5) is 15.7. The molecule has 0 heterocycles. The number of hydrogen-bond acceptors (Lipinski definition) is 3. The van der Waals surface area contributed by atoms with Crippen LogP contribution in [-0.4, -0.2) is 24.2 Å². The number of hydrogen-bond donors (Lipinski definition) is 1. The van der Waals surface area contributed by atoms with E-state index in [2.05, 4.69) is 48.3 Å². The van der Waals surface area contributed by atoms with Crippen LogP contribution in [0.1, 0.15) is 26.3 Å². The second-order valence-electron chi connectivity index (χ2n) is 5.63. The van der Waals surface area contributed by atoms with E-state index < -0.39 is 0 Å². The van der Waals surface area contributed by atoms with Crippen molar-refractivity contribution in [1.82, 2.24) is 5.32 Å². The monoisotopic (exact) mass is 342 g/mol. The van der Waals surface area contributed by atoms with Crippen molar-refractivity contribution in [2.24, 2.45) is 0 Å². The molecule has 2 rings (SSSR count). The third-order valence-electron chi connectivity index (χ3n) is 3.96. The predicted octanol–water partition coefficient (Wildman–Crippen LogP) is 4.33. The lowest BCUT2D eigenvalue weighted by Gasteiger charge is -2.21. The SMILES string of the molecule is CCN(CC)c1ccc(CNC(=O)[C@H](C)Sc2ccccc2)cc1. The molecule has 0 radical (unpaired) electrons. The van der Waals surface area contributed by atoms with E-state index in [1.54, 1.807) is 11.8 Å². The highest BCUT2D eigenvalue weighted by Crippen LogP contribution is 2.22. The number of benzene rings is 2. The Labute approximate surface area is 149 Å². The van der Waals surface area contributed by atoms with Crippen molar-refractivity contribution in [3.05, 3.63) is 60.2 Å². The van der Waals surface area contributed by atoms with Crippen LogP contribution >= 0.6 is 11.8 Å². The molecule has 0 aliphatic heterocycles. The highest BCUT2D eigenvalue weighted by Gasteiger charge is 2.13. The molecule has 1 atom stereocenters. The van der Waals surface area contributed by atoms with Gasteiger partial charge in [-0.25, -0.2) is 0 Å². The summed E-state index contributed by atoms with van der Waals surface area (Å²) in [5.41, 5.74) is 2.35. The van der Waals surface area contributed by atoms with E-state index in [1.165, 1.54) is 5.69 Å². The topological polar surface area (TPSA) is 32.3 Å². The second kappa shape index (κ2) is 9.38. The molecule has 4 heteroatoms. The van der Waals surface area contributed by atoms with E-state index in [1.807, 2.05) is 37.3 Å². The molecule has 2 aromatic rings. The van der Waals surface area contributed by atoms with Gasteiger partial charge in [0.2, 0.25) is 5.91 Å². The van der Waals surface area contributed by atoms with E-state index in [4.69, 9.17) is 0 Å². The average Bonchev–Trinajstić information content (AvgIpc) is 2.62. The fraction of sp³-hybridized carbons (Fsp3) is 0.350. The number of carbonyl (C=O) groups is 1. The summed E-state index contributed by atoms with van der Waals surface area (Å²) in [5.74, 6) is 0.0664. The van der Waals surface area contributed by atoms with Crippen LogP contribution in [0.4, 0.5) is 5.69 Å². The fourth-order valence-electron chi connectivity index (χ4n) is 2.50. The molecule has 0 spiro atoms. The van der Waals surface area contributed by atoms with Crippen molar-refractivity contribution in [1.29, 1.82) is 0 Å². The number of anilines is 1. The van der Waals surface area contributed by atoms with E-state index in [0.29, 0.717) is 6.54 Å². The molecule has 0 fully saturated rings. The molecule has 1 amide bonds. The normalized spacial score (nSPS) is 11.8. The number of nitrogens with zero attached hydrogens (tertiary/aromatic N) is 1. The molecular formula is C20H26N2OS. The van der Waals surface area contributed by atoms with Crippen LogP contribution in [0.25, 0.3) is 0 Å². The zero-order valence-electron chi connectivity index (χ0n) is 14.7. The van der Waals surface area contributed by atoms with Gasteiger partial charge in [-0.1, -0.05) is 30.3 Å². The molecule has 1 N–H and O–H groups in total. The first-order valence-corrected chi connectivity index (χ1v) is 9.35. The number of nitrogens with one attached hydrogen (secondary N) is 1. The smallest absolute Gasteiger partial charge is 0.233 e. The van der Waals surface area contributed by atoms with E-state index >= 15 is 0 Å². The average molecular weight is 343 g/mol. The molecule has 0 unspecified atom stereocenters. The first-order chi connectivity index (χ1) is 11.6. The predicted molar refractivity (Wildman–Crippen MR) is 104 cm³/mol. The van der Waals surface area contributed by atoms with Crippen molar-refractivity contribution in [2.45, 2.75) is 37.5 Å². The Morgan fingerprint density at radius 3 is 2.25 bits per heavy atom. The minimum atomic E-state index is -0.109. The molecular weight excluding hydrogens is 316 g/mol. The van der Waals surface area contributed by atoms with Gasteiger partial charge in [-0.2, -0.15) is 0 Å². The van der Waals surface area contributed by atoms with Crippen LogP contribution in [0, 0.1) is 0 Å². The quantitative estimate of drug-likeness (QED) is 0.725. The molecule has 0 aliphatic rings. The molecule has 2 aromatic carbocycles. The highest BCUT2D eigenvalue weighted by molar-refractivity contribution is 8.00. The maximum atomic E-state index is 12.2. The Morgan fingerprint density at radius 1 is 1.04 bits per heavy atom. The van der Waals surface area contributed by atoms with Crippen LogP contribution in [0.15, 0.2) is 59.5 Å². The van der Waals surface area contributed by atoms with Crippen LogP contribution in [-0.2, 0) is 11.3 Å². The Kier molecular flexibility index (Phi) is 7.19. The van der Waals surface area contributed by atoms with Gasteiger partial charge in [-0.15, -0.1) is 11.8 Å². The van der Waals surface area contributed by atoms with E-state index in [-0.39, 0.29) is 11.2 Å². The van der Waals surface area contributed by atoms with Gasteiger partial charge in [-0.3, -0.25) is 4.79 Å². The maximum Gasteiger partial charge on any atom is 0.233 e. The lowest BCUT2D eigenvalue weighted by atomic mass is 10.2. The summed E-state index contributed by atoms with van der Waals surface area (Å²) in [6, 6.07) is 18.4. The molecule has 0 aliphatic carbocycles. The van der Waals surface area contributed by atoms with Gasteiger partial charge < -0.3 is 10.2 Å². The number of thioether (sulfide) groups is 1. The number of amides is 1. The molecule has 0 bridgehead atoms. The minimum Gasteiger partial charge on any atom is -0.372 e. The van der Waals surface area contributed by atoms with Crippen LogP contribution in [0.5, 0.6) is 0 Å². The molecule has 0 aromatic heterocycles. The number of rotatable bonds is 8. The highest BCUT2D eigenvalue weighted by atomic mass is 32.2. The Balaban J connectivity index is 1.85. The largest absolute Gasteiger partial charge is 0.372 e. The Bertz CT molecular complexity index is 624. The van der Waals surface area contributed by atoms with Crippen molar-refractivity contribution >= 4 is 23.4 Å². The van der Waals surface area contributed by atoms with E-state index in [9.17, 15) is 4.79 Å². The minimum absolute atomic E-state index is 0.0664. The number of carbonyl (C=O) groups excluding carboxylic acids is 1. The summed E-state index contributed by atoms with van der Waals surface area (Å²) in [6.45, 7) is 8.82. The van der Waals surface area contributed by atoms with Gasteiger partial charge in [-0.05, 0) is 50.6 Å². The van der Waals surface area contributed by atoms with Crippen LogP contribution < -0.4 is 10.2 Å². The summed E-state index contributed by atoms with van der Waals surface area (Å²) in [6.07, 6.45) is 0. The molecule has 24 heavy (non-hydrogen) atoms. The zero-order valence-corrected chi connectivity index (χ0v) is 15.5. The Morgan fingerprint density at radius 2 is 1.67 bits per heavy atom. The third kappa shape index (κ3) is 5.31. The van der Waals surface area contributed by atoms with Crippen molar-refractivity contribution in [2.75, 3.05) is 18.0 Å². The van der Waals surface area contributed by atoms with Gasteiger partial charge in [0.25, 0.3) is 0 Å². The standard InChI is InChI=1S/C20H26N2OS/c1-4-22(5-2)18-13-11-17(12-14-18)15-21-20(23)16(3)24-19-9-7-6-8-10-19/h6-14,16H,4-5,15H2,1-3H3,(H,21,23)/t16-/m0/s1. The zero-order chi connectivity index (χ0) is 17.4. The van der Waals surface area contributed by atoms with Crippen molar-refractivity contribution in [3.63, 3.8) is 0 Å². The molecule has 128 valence electrons. The summed E-state index contributed by atoms with van der Waals surface area (Å²) in [7, 11) is 0. The fourth-order valence-corrected chi connectivity index (χ4v) is 3.42.